The van der Waals surface area contributed by atoms with Crippen LogP contribution >= 0.6 is 0 Å². The zero-order valence-corrected chi connectivity index (χ0v) is 11.8. The summed E-state index contributed by atoms with van der Waals surface area (Å²) in [6.07, 6.45) is 1.96. The van der Waals surface area contributed by atoms with Gasteiger partial charge in [0.05, 0.1) is 13.7 Å². The molecule has 0 atom stereocenters. The van der Waals surface area contributed by atoms with Gasteiger partial charge in [0, 0.05) is 23.8 Å². The molecule has 3 nitrogen and oxygen atoms in total. The molecule has 0 aliphatic heterocycles. The molecular weight excluding hydrogens is 267 g/mol. The Labute approximate surface area is 122 Å². The monoisotopic (exact) mass is 284 g/mol. The summed E-state index contributed by atoms with van der Waals surface area (Å²) < 4.78 is 21.3. The van der Waals surface area contributed by atoms with Gasteiger partial charge in [0.1, 0.15) is 0 Å². The van der Waals surface area contributed by atoms with Gasteiger partial charge in [0.2, 0.25) is 0 Å². The third kappa shape index (κ3) is 2.50. The second-order valence-corrected chi connectivity index (χ2v) is 4.97. The fraction of sp³-hybridized carbons (Fsp3) is 0.176. The van der Waals surface area contributed by atoms with E-state index in [1.54, 1.807) is 18.2 Å². The molecule has 21 heavy (non-hydrogen) atoms. The summed E-state index contributed by atoms with van der Waals surface area (Å²) in [4.78, 5) is 0. The van der Waals surface area contributed by atoms with Crippen LogP contribution in [0.4, 0.5) is 4.39 Å². The van der Waals surface area contributed by atoms with Crippen molar-refractivity contribution in [3.63, 3.8) is 0 Å². The molecule has 2 N–H and O–H groups in total. The van der Waals surface area contributed by atoms with E-state index in [0.29, 0.717) is 18.7 Å². The number of benzene rings is 2. The molecule has 0 saturated carbocycles. The molecule has 3 aromatic rings. The quantitative estimate of drug-likeness (QED) is 0.798. The van der Waals surface area contributed by atoms with E-state index in [-0.39, 0.29) is 11.6 Å². The number of methoxy groups -OCH3 is 1. The number of halogens is 1. The summed E-state index contributed by atoms with van der Waals surface area (Å²) in [7, 11) is 1.47. The Kier molecular flexibility index (Phi) is 3.62. The van der Waals surface area contributed by atoms with Gasteiger partial charge >= 0.3 is 0 Å². The number of hydrogen-bond acceptors (Lipinski definition) is 2. The number of fused-ring (bicyclic) bond motifs is 1. The van der Waals surface area contributed by atoms with Crippen LogP contribution in [0.1, 0.15) is 11.1 Å². The summed E-state index contributed by atoms with van der Waals surface area (Å²) in [5.74, 6) is -0.0385. The van der Waals surface area contributed by atoms with Gasteiger partial charge < -0.3 is 15.0 Å². The summed E-state index contributed by atoms with van der Waals surface area (Å²) in [5, 5.41) is 1.12. The molecule has 0 radical (unpaired) electrons. The van der Waals surface area contributed by atoms with Crippen LogP contribution in [-0.2, 0) is 13.1 Å². The average molecular weight is 284 g/mol. The number of nitrogens with zero attached hydrogens (tertiary/aromatic N) is 1. The molecule has 4 heteroatoms. The van der Waals surface area contributed by atoms with E-state index in [1.165, 1.54) is 7.11 Å². The second-order valence-electron chi connectivity index (χ2n) is 4.97. The Bertz CT molecular complexity index is 780. The molecule has 0 spiro atoms. The fourth-order valence-electron chi connectivity index (χ4n) is 2.51. The highest BCUT2D eigenvalue weighted by Crippen LogP contribution is 2.23. The van der Waals surface area contributed by atoms with Gasteiger partial charge in [-0.1, -0.05) is 24.3 Å². The number of nitrogens with two attached hydrogens (primary N) is 1. The molecule has 0 aliphatic rings. The Morgan fingerprint density at radius 3 is 2.81 bits per heavy atom. The minimum Gasteiger partial charge on any atom is -0.494 e. The number of aromatic nitrogens is 1. The Morgan fingerprint density at radius 1 is 1.19 bits per heavy atom. The SMILES string of the molecule is COc1cccc(Cn2ccc3ccc(CN)cc32)c1F. The van der Waals surface area contributed by atoms with E-state index in [4.69, 9.17) is 10.5 Å². The highest BCUT2D eigenvalue weighted by Gasteiger charge is 2.10. The lowest BCUT2D eigenvalue weighted by molar-refractivity contribution is 0.383. The maximum absolute atomic E-state index is 14.3. The van der Waals surface area contributed by atoms with Gasteiger partial charge in [0.25, 0.3) is 0 Å². The van der Waals surface area contributed by atoms with E-state index in [9.17, 15) is 4.39 Å². The smallest absolute Gasteiger partial charge is 0.170 e. The van der Waals surface area contributed by atoms with Gasteiger partial charge in [-0.2, -0.15) is 0 Å². The van der Waals surface area contributed by atoms with Gasteiger partial charge in [-0.05, 0) is 29.1 Å². The molecule has 0 fully saturated rings. The van der Waals surface area contributed by atoms with E-state index >= 15 is 0 Å². The molecular formula is C17H17FN2O. The lowest BCUT2D eigenvalue weighted by atomic mass is 10.1. The lowest BCUT2D eigenvalue weighted by Gasteiger charge is -2.10. The first-order valence-electron chi connectivity index (χ1n) is 6.82. The molecule has 0 saturated heterocycles. The topological polar surface area (TPSA) is 40.2 Å². The van der Waals surface area contributed by atoms with Crippen molar-refractivity contribution in [2.45, 2.75) is 13.1 Å². The van der Waals surface area contributed by atoms with Crippen LogP contribution in [0.15, 0.2) is 48.7 Å². The molecule has 0 unspecified atom stereocenters. The molecule has 1 aromatic heterocycles. The number of ether oxygens (including phenoxy) is 1. The van der Waals surface area contributed by atoms with Gasteiger partial charge in [0.15, 0.2) is 11.6 Å². The van der Waals surface area contributed by atoms with Crippen molar-refractivity contribution in [1.82, 2.24) is 4.57 Å². The van der Waals surface area contributed by atoms with Crippen LogP contribution in [-0.4, -0.2) is 11.7 Å². The Hall–Kier alpha value is -2.33. The standard InChI is InChI=1S/C17H17FN2O/c1-21-16-4-2-3-14(17(16)18)11-20-8-7-13-6-5-12(10-19)9-15(13)20/h2-9H,10-11,19H2,1H3. The number of rotatable bonds is 4. The third-order valence-electron chi connectivity index (χ3n) is 3.68. The van der Waals surface area contributed by atoms with E-state index in [2.05, 4.69) is 0 Å². The first-order chi connectivity index (χ1) is 10.2. The van der Waals surface area contributed by atoms with Crippen LogP contribution in [0.2, 0.25) is 0 Å². The van der Waals surface area contributed by atoms with Crippen LogP contribution < -0.4 is 10.5 Å². The molecule has 2 aromatic carbocycles. The number of hydrogen-bond donors (Lipinski definition) is 1. The van der Waals surface area contributed by atoms with Crippen molar-refractivity contribution in [2.24, 2.45) is 5.73 Å². The average Bonchev–Trinajstić information content (AvgIpc) is 2.91. The van der Waals surface area contributed by atoms with Crippen molar-refractivity contribution in [3.8, 4) is 5.75 Å². The lowest BCUT2D eigenvalue weighted by Crippen LogP contribution is -2.03. The van der Waals surface area contributed by atoms with Crippen molar-refractivity contribution < 1.29 is 9.13 Å². The van der Waals surface area contributed by atoms with Gasteiger partial charge in [-0.3, -0.25) is 0 Å². The maximum Gasteiger partial charge on any atom is 0.170 e. The summed E-state index contributed by atoms with van der Waals surface area (Å²) in [6, 6.07) is 13.3. The molecule has 0 bridgehead atoms. The molecule has 1 heterocycles. The second kappa shape index (κ2) is 5.58. The van der Waals surface area contributed by atoms with E-state index in [1.807, 2.05) is 35.0 Å². The van der Waals surface area contributed by atoms with Gasteiger partial charge in [-0.15, -0.1) is 0 Å². The summed E-state index contributed by atoms with van der Waals surface area (Å²) >= 11 is 0. The Balaban J connectivity index is 2.02. The Morgan fingerprint density at radius 2 is 2.05 bits per heavy atom. The van der Waals surface area contributed by atoms with E-state index < -0.39 is 0 Å². The molecule has 3 rings (SSSR count). The first kappa shape index (κ1) is 13.6. The first-order valence-corrected chi connectivity index (χ1v) is 6.82. The minimum atomic E-state index is -0.308. The molecule has 108 valence electrons. The molecule has 0 aliphatic carbocycles. The largest absolute Gasteiger partial charge is 0.494 e. The maximum atomic E-state index is 14.3. The minimum absolute atomic E-state index is 0.270. The normalized spacial score (nSPS) is 11.0. The van der Waals surface area contributed by atoms with Crippen molar-refractivity contribution >= 4 is 10.9 Å². The van der Waals surface area contributed by atoms with Crippen LogP contribution in [0, 0.1) is 5.82 Å². The fourth-order valence-corrected chi connectivity index (χ4v) is 2.51. The summed E-state index contributed by atoms with van der Waals surface area (Å²) in [5.41, 5.74) is 8.41. The zero-order chi connectivity index (χ0) is 14.8. The van der Waals surface area contributed by atoms with Crippen LogP contribution in [0.3, 0.4) is 0 Å². The third-order valence-corrected chi connectivity index (χ3v) is 3.68. The van der Waals surface area contributed by atoms with Crippen molar-refractivity contribution in [1.29, 1.82) is 0 Å². The zero-order valence-electron chi connectivity index (χ0n) is 11.8. The van der Waals surface area contributed by atoms with Crippen molar-refractivity contribution in [2.75, 3.05) is 7.11 Å². The van der Waals surface area contributed by atoms with Crippen LogP contribution in [0.5, 0.6) is 5.75 Å². The highest BCUT2D eigenvalue weighted by atomic mass is 19.1. The van der Waals surface area contributed by atoms with E-state index in [0.717, 1.165) is 16.5 Å². The predicted molar refractivity (Wildman–Crippen MR) is 81.9 cm³/mol. The highest BCUT2D eigenvalue weighted by molar-refractivity contribution is 5.81. The molecule has 0 amide bonds. The predicted octanol–water partition coefficient (Wildman–Crippen LogP) is 3.30. The summed E-state index contributed by atoms with van der Waals surface area (Å²) in [6.45, 7) is 0.954. The van der Waals surface area contributed by atoms with Crippen molar-refractivity contribution in [3.05, 3.63) is 65.6 Å². The van der Waals surface area contributed by atoms with Gasteiger partial charge in [-0.25, -0.2) is 4.39 Å². The van der Waals surface area contributed by atoms with Crippen LogP contribution in [0.25, 0.3) is 10.9 Å².